The highest BCUT2D eigenvalue weighted by molar-refractivity contribution is 5.94. The van der Waals surface area contributed by atoms with E-state index >= 15 is 0 Å². The van der Waals surface area contributed by atoms with Crippen LogP contribution in [0.1, 0.15) is 39.5 Å². The topological polar surface area (TPSA) is 84.1 Å². The highest BCUT2D eigenvalue weighted by Gasteiger charge is 2.26. The minimum atomic E-state index is 0.288. The first-order chi connectivity index (χ1) is 14.1. The molecule has 7 heteroatoms. The lowest BCUT2D eigenvalue weighted by molar-refractivity contribution is 0.174. The van der Waals surface area contributed by atoms with E-state index in [1.165, 1.54) is 25.7 Å². The van der Waals surface area contributed by atoms with Gasteiger partial charge >= 0.3 is 0 Å². The number of anilines is 1. The molecule has 2 aliphatic heterocycles. The van der Waals surface area contributed by atoms with Gasteiger partial charge in [0.1, 0.15) is 0 Å². The summed E-state index contributed by atoms with van der Waals surface area (Å²) in [6, 6.07) is 6.84. The van der Waals surface area contributed by atoms with Gasteiger partial charge in [-0.05, 0) is 63.6 Å². The first-order valence-corrected chi connectivity index (χ1v) is 11.0. The molecule has 2 heterocycles. The summed E-state index contributed by atoms with van der Waals surface area (Å²) in [7, 11) is 0. The van der Waals surface area contributed by atoms with Crippen LogP contribution in [-0.2, 0) is 0 Å². The van der Waals surface area contributed by atoms with E-state index in [-0.39, 0.29) is 6.79 Å². The molecule has 7 nitrogen and oxygen atoms in total. The zero-order chi connectivity index (χ0) is 20.2. The van der Waals surface area contributed by atoms with Crippen molar-refractivity contribution in [2.45, 2.75) is 51.6 Å². The molecule has 4 N–H and O–H groups in total. The van der Waals surface area contributed by atoms with Gasteiger partial charge in [-0.25, -0.2) is 0 Å². The molecular formula is C22H35N5O2. The van der Waals surface area contributed by atoms with E-state index in [0.717, 1.165) is 49.3 Å². The first-order valence-electron chi connectivity index (χ1n) is 11.0. The van der Waals surface area contributed by atoms with E-state index in [1.54, 1.807) is 0 Å². The van der Waals surface area contributed by atoms with E-state index in [1.807, 2.05) is 18.2 Å². The quantitative estimate of drug-likeness (QED) is 0.531. The Morgan fingerprint density at radius 1 is 1.17 bits per heavy atom. The van der Waals surface area contributed by atoms with Crippen molar-refractivity contribution in [1.82, 2.24) is 10.2 Å². The molecule has 1 aliphatic carbocycles. The minimum Gasteiger partial charge on any atom is -0.454 e. The number of benzene rings is 1. The third-order valence-corrected chi connectivity index (χ3v) is 6.21. The average molecular weight is 402 g/mol. The van der Waals surface area contributed by atoms with E-state index in [0.29, 0.717) is 23.9 Å². The van der Waals surface area contributed by atoms with Crippen LogP contribution < -0.4 is 25.8 Å². The van der Waals surface area contributed by atoms with Crippen molar-refractivity contribution in [3.05, 3.63) is 18.2 Å². The SMILES string of the molecule is CC1CN(C(=NCC2CCCC(CN)C2)Nc2ccc3c(c2)OCO3)CC(C)N1. The maximum atomic E-state index is 5.93. The van der Waals surface area contributed by atoms with Gasteiger partial charge in [-0.1, -0.05) is 6.42 Å². The third-order valence-electron chi connectivity index (χ3n) is 6.21. The van der Waals surface area contributed by atoms with Crippen LogP contribution in [0.25, 0.3) is 0 Å². The summed E-state index contributed by atoms with van der Waals surface area (Å²) in [5.74, 6) is 3.83. The molecule has 29 heavy (non-hydrogen) atoms. The highest BCUT2D eigenvalue weighted by atomic mass is 16.7. The summed E-state index contributed by atoms with van der Waals surface area (Å²) < 4.78 is 11.0. The van der Waals surface area contributed by atoms with Crippen molar-refractivity contribution < 1.29 is 9.47 Å². The van der Waals surface area contributed by atoms with Crippen molar-refractivity contribution in [3.63, 3.8) is 0 Å². The predicted octanol–water partition coefficient (Wildman–Crippen LogP) is 2.63. The zero-order valence-corrected chi connectivity index (χ0v) is 17.7. The van der Waals surface area contributed by atoms with Crippen LogP contribution in [0.2, 0.25) is 0 Å². The normalized spacial score (nSPS) is 29.8. The van der Waals surface area contributed by atoms with Crippen LogP contribution in [-0.4, -0.2) is 55.9 Å². The highest BCUT2D eigenvalue weighted by Crippen LogP contribution is 2.34. The van der Waals surface area contributed by atoms with Crippen LogP contribution in [0.4, 0.5) is 5.69 Å². The molecule has 0 bridgehead atoms. The number of rotatable bonds is 4. The second kappa shape index (κ2) is 9.22. The van der Waals surface area contributed by atoms with Gasteiger partial charge in [0.15, 0.2) is 17.5 Å². The maximum Gasteiger partial charge on any atom is 0.231 e. The summed E-state index contributed by atoms with van der Waals surface area (Å²) in [5.41, 5.74) is 6.91. The van der Waals surface area contributed by atoms with Crippen molar-refractivity contribution in [3.8, 4) is 11.5 Å². The van der Waals surface area contributed by atoms with Crippen LogP contribution in [0.5, 0.6) is 11.5 Å². The fourth-order valence-corrected chi connectivity index (χ4v) is 4.82. The molecule has 0 amide bonds. The molecular weight excluding hydrogens is 366 g/mol. The van der Waals surface area contributed by atoms with Crippen LogP contribution in [0.15, 0.2) is 23.2 Å². The number of fused-ring (bicyclic) bond motifs is 1. The van der Waals surface area contributed by atoms with E-state index < -0.39 is 0 Å². The standard InChI is InChI=1S/C22H35N5O2/c1-15-12-27(13-16(2)25-15)22(24-11-18-5-3-4-17(8-18)10-23)26-19-6-7-20-21(9-19)29-14-28-20/h6-7,9,15-18,25H,3-5,8,10-14,23H2,1-2H3,(H,24,26). The average Bonchev–Trinajstić information content (AvgIpc) is 3.18. The number of ether oxygens (including phenoxy) is 2. The molecule has 1 aromatic rings. The van der Waals surface area contributed by atoms with Crippen molar-refractivity contribution in [1.29, 1.82) is 0 Å². The molecule has 0 spiro atoms. The van der Waals surface area contributed by atoms with Gasteiger partial charge in [-0.15, -0.1) is 0 Å². The van der Waals surface area contributed by atoms with Crippen molar-refractivity contribution in [2.75, 3.05) is 38.3 Å². The lowest BCUT2D eigenvalue weighted by atomic mass is 9.81. The Labute approximate surface area is 174 Å². The number of guanidine groups is 1. The summed E-state index contributed by atoms with van der Waals surface area (Å²) >= 11 is 0. The second-order valence-corrected chi connectivity index (χ2v) is 8.87. The van der Waals surface area contributed by atoms with Gasteiger partial charge < -0.3 is 30.7 Å². The molecule has 2 fully saturated rings. The number of aliphatic imine (C=N–C) groups is 1. The smallest absolute Gasteiger partial charge is 0.231 e. The molecule has 4 unspecified atom stereocenters. The Morgan fingerprint density at radius 3 is 2.72 bits per heavy atom. The Hall–Kier alpha value is -1.99. The molecule has 160 valence electrons. The monoisotopic (exact) mass is 401 g/mol. The van der Waals surface area contributed by atoms with Crippen molar-refractivity contribution >= 4 is 11.6 Å². The largest absolute Gasteiger partial charge is 0.454 e. The molecule has 1 saturated heterocycles. The number of piperazine rings is 1. The van der Waals surface area contributed by atoms with Gasteiger partial charge in [-0.3, -0.25) is 4.99 Å². The van der Waals surface area contributed by atoms with Gasteiger partial charge in [-0.2, -0.15) is 0 Å². The molecule has 1 saturated carbocycles. The summed E-state index contributed by atoms with van der Waals surface area (Å²) in [5, 5.41) is 7.18. The molecule has 3 aliphatic rings. The Kier molecular flexibility index (Phi) is 6.45. The van der Waals surface area contributed by atoms with Gasteiger partial charge in [0.2, 0.25) is 6.79 Å². The summed E-state index contributed by atoms with van der Waals surface area (Å²) in [6.45, 7) is 8.29. The second-order valence-electron chi connectivity index (χ2n) is 8.87. The lowest BCUT2D eigenvalue weighted by Crippen LogP contribution is -2.57. The third kappa shape index (κ3) is 5.14. The van der Waals surface area contributed by atoms with E-state index in [4.69, 9.17) is 20.2 Å². The molecule has 0 aromatic heterocycles. The zero-order valence-electron chi connectivity index (χ0n) is 17.7. The number of nitrogens with zero attached hydrogens (tertiary/aromatic N) is 2. The molecule has 1 aromatic carbocycles. The molecule has 4 rings (SSSR count). The Bertz CT molecular complexity index is 715. The predicted molar refractivity (Wildman–Crippen MR) is 117 cm³/mol. The number of hydrogen-bond acceptors (Lipinski definition) is 5. The fraction of sp³-hybridized carbons (Fsp3) is 0.682. The Balaban J connectivity index is 1.50. The number of nitrogens with one attached hydrogen (secondary N) is 2. The number of nitrogens with two attached hydrogens (primary N) is 1. The van der Waals surface area contributed by atoms with Crippen molar-refractivity contribution in [2.24, 2.45) is 22.6 Å². The summed E-state index contributed by atoms with van der Waals surface area (Å²) in [6.07, 6.45) is 5.00. The van der Waals surface area contributed by atoms with Crippen LogP contribution in [0.3, 0.4) is 0 Å². The van der Waals surface area contributed by atoms with E-state index in [2.05, 4.69) is 29.4 Å². The first kappa shape index (κ1) is 20.3. The van der Waals surface area contributed by atoms with Gasteiger partial charge in [0, 0.05) is 43.5 Å². The summed E-state index contributed by atoms with van der Waals surface area (Å²) in [4.78, 5) is 7.46. The molecule has 0 radical (unpaired) electrons. The molecule has 4 atom stereocenters. The number of hydrogen-bond donors (Lipinski definition) is 3. The van der Waals surface area contributed by atoms with Crippen LogP contribution in [0, 0.1) is 11.8 Å². The van der Waals surface area contributed by atoms with Crippen LogP contribution >= 0.6 is 0 Å². The van der Waals surface area contributed by atoms with Gasteiger partial charge in [0.05, 0.1) is 0 Å². The Morgan fingerprint density at radius 2 is 1.93 bits per heavy atom. The van der Waals surface area contributed by atoms with Gasteiger partial charge in [0.25, 0.3) is 0 Å². The minimum absolute atomic E-state index is 0.288. The lowest BCUT2D eigenvalue weighted by Gasteiger charge is -2.38. The maximum absolute atomic E-state index is 5.93. The fourth-order valence-electron chi connectivity index (χ4n) is 4.82. The van der Waals surface area contributed by atoms with E-state index in [9.17, 15) is 0 Å².